The summed E-state index contributed by atoms with van der Waals surface area (Å²) >= 11 is 0. The molecule has 0 fully saturated rings. The number of rotatable bonds is 7. The summed E-state index contributed by atoms with van der Waals surface area (Å²) in [7, 11) is -4.15. The van der Waals surface area contributed by atoms with Crippen LogP contribution < -0.4 is 9.62 Å². The number of carbonyl (C=O) groups is 1. The van der Waals surface area contributed by atoms with Gasteiger partial charge in [0.25, 0.3) is 10.0 Å². The fraction of sp³-hybridized carbons (Fsp3) is 0.240. The Balaban J connectivity index is 1.58. The van der Waals surface area contributed by atoms with E-state index in [1.165, 1.54) is 47.5 Å². The minimum atomic E-state index is -4.15. The number of benzene rings is 3. The van der Waals surface area contributed by atoms with E-state index in [2.05, 4.69) is 17.4 Å². The van der Waals surface area contributed by atoms with Crippen LogP contribution in [0, 0.1) is 5.82 Å². The van der Waals surface area contributed by atoms with E-state index >= 15 is 0 Å². The number of carbonyl (C=O) groups excluding carboxylic acids is 1. The highest BCUT2D eigenvalue weighted by Gasteiger charge is 2.29. The predicted molar refractivity (Wildman–Crippen MR) is 122 cm³/mol. The van der Waals surface area contributed by atoms with Crippen LogP contribution in [0.1, 0.15) is 36.1 Å². The molecule has 5 nitrogen and oxygen atoms in total. The van der Waals surface area contributed by atoms with Crippen molar-refractivity contribution >= 4 is 21.6 Å². The largest absolute Gasteiger partial charge is 0.348 e. The Morgan fingerprint density at radius 3 is 2.44 bits per heavy atom. The summed E-state index contributed by atoms with van der Waals surface area (Å²) in [6.45, 7) is 1.32. The molecule has 0 saturated carbocycles. The van der Waals surface area contributed by atoms with Crippen LogP contribution in [-0.2, 0) is 27.7 Å². The average molecular weight is 453 g/mol. The van der Waals surface area contributed by atoms with E-state index in [4.69, 9.17) is 0 Å². The number of hydrogen-bond acceptors (Lipinski definition) is 3. The summed E-state index contributed by atoms with van der Waals surface area (Å²) < 4.78 is 41.9. The minimum Gasteiger partial charge on any atom is -0.348 e. The Hall–Kier alpha value is -3.19. The van der Waals surface area contributed by atoms with Gasteiger partial charge in [-0.05, 0) is 67.1 Å². The van der Waals surface area contributed by atoms with Gasteiger partial charge in [-0.15, -0.1) is 0 Å². The number of fused-ring (bicyclic) bond motifs is 1. The molecule has 0 spiro atoms. The fourth-order valence-electron chi connectivity index (χ4n) is 4.04. The van der Waals surface area contributed by atoms with Crippen LogP contribution in [0.25, 0.3) is 0 Å². The number of nitrogens with one attached hydrogen (secondary N) is 1. The first kappa shape index (κ1) is 22.0. The molecule has 1 aliphatic carbocycles. The number of hydrogen-bond donors (Lipinski definition) is 1. The normalized spacial score (nSPS) is 13.9. The lowest BCUT2D eigenvalue weighted by molar-refractivity contribution is -0.120. The summed E-state index contributed by atoms with van der Waals surface area (Å²) in [5, 5.41) is 2.86. The van der Waals surface area contributed by atoms with Crippen molar-refractivity contribution in [2.24, 2.45) is 0 Å². The van der Waals surface area contributed by atoms with Gasteiger partial charge in [0.15, 0.2) is 0 Å². The van der Waals surface area contributed by atoms with Crippen molar-refractivity contribution in [1.29, 1.82) is 0 Å². The predicted octanol–water partition coefficient (Wildman–Crippen LogP) is 4.39. The molecule has 0 bridgehead atoms. The summed E-state index contributed by atoms with van der Waals surface area (Å²) in [6, 6.07) is 19.1. The van der Waals surface area contributed by atoms with E-state index in [9.17, 15) is 17.6 Å². The number of sulfonamides is 1. The number of para-hydroxylation sites is 1. The molecule has 1 aliphatic rings. The maximum absolute atomic E-state index is 14.6. The fourth-order valence-corrected chi connectivity index (χ4v) is 5.49. The van der Waals surface area contributed by atoms with Gasteiger partial charge in [0, 0.05) is 0 Å². The SMILES string of the molecule is C[C@@H](NC(=O)CN(c1ccccc1F)S(=O)(=O)c1ccccc1)c1ccc2c(c1)CCC2. The topological polar surface area (TPSA) is 66.5 Å². The molecule has 0 saturated heterocycles. The Labute approximate surface area is 187 Å². The van der Waals surface area contributed by atoms with Gasteiger partial charge in [-0.2, -0.15) is 0 Å². The van der Waals surface area contributed by atoms with Crippen molar-refractivity contribution in [2.75, 3.05) is 10.8 Å². The monoisotopic (exact) mass is 452 g/mol. The third kappa shape index (κ3) is 4.53. The lowest BCUT2D eigenvalue weighted by Crippen LogP contribution is -2.42. The molecule has 1 atom stereocenters. The van der Waals surface area contributed by atoms with Crippen molar-refractivity contribution in [3.8, 4) is 0 Å². The molecule has 0 aliphatic heterocycles. The first-order valence-electron chi connectivity index (χ1n) is 10.6. The molecule has 1 amide bonds. The summed E-state index contributed by atoms with van der Waals surface area (Å²) in [5.41, 5.74) is 3.43. The third-order valence-corrected chi connectivity index (χ3v) is 7.51. The van der Waals surface area contributed by atoms with Gasteiger partial charge in [-0.1, -0.05) is 48.5 Å². The standard InChI is InChI=1S/C25H25FN2O3S/c1-18(20-15-14-19-8-7-9-21(19)16-20)27-25(29)17-28(24-13-6-5-12-23(24)26)32(30,31)22-10-3-2-4-11-22/h2-6,10-16,18H,7-9,17H2,1H3,(H,27,29)/t18-/m1/s1. The zero-order valence-corrected chi connectivity index (χ0v) is 18.6. The second-order valence-corrected chi connectivity index (χ2v) is 9.81. The lowest BCUT2D eigenvalue weighted by Gasteiger charge is -2.25. The first-order chi connectivity index (χ1) is 15.4. The summed E-state index contributed by atoms with van der Waals surface area (Å²) in [6.07, 6.45) is 3.24. The van der Waals surface area contributed by atoms with Crippen LogP contribution in [0.15, 0.2) is 77.7 Å². The Morgan fingerprint density at radius 1 is 1.00 bits per heavy atom. The maximum atomic E-state index is 14.6. The number of amides is 1. The van der Waals surface area contributed by atoms with Crippen LogP contribution in [0.4, 0.5) is 10.1 Å². The van der Waals surface area contributed by atoms with E-state index in [1.54, 1.807) is 18.2 Å². The smallest absolute Gasteiger partial charge is 0.264 e. The van der Waals surface area contributed by atoms with Crippen LogP contribution in [0.3, 0.4) is 0 Å². The first-order valence-corrected chi connectivity index (χ1v) is 12.0. The molecule has 3 aromatic rings. The highest BCUT2D eigenvalue weighted by molar-refractivity contribution is 7.92. The highest BCUT2D eigenvalue weighted by atomic mass is 32.2. The van der Waals surface area contributed by atoms with Crippen LogP contribution in [0.2, 0.25) is 0 Å². The molecule has 0 radical (unpaired) electrons. The zero-order valence-electron chi connectivity index (χ0n) is 17.8. The lowest BCUT2D eigenvalue weighted by atomic mass is 10.0. The van der Waals surface area contributed by atoms with E-state index in [0.717, 1.165) is 29.1 Å². The van der Waals surface area contributed by atoms with Gasteiger partial charge < -0.3 is 5.32 Å². The van der Waals surface area contributed by atoms with Gasteiger partial charge in [-0.25, -0.2) is 12.8 Å². The van der Waals surface area contributed by atoms with E-state index in [1.807, 2.05) is 13.0 Å². The van der Waals surface area contributed by atoms with Crippen molar-refractivity contribution < 1.29 is 17.6 Å². The van der Waals surface area contributed by atoms with Gasteiger partial charge in [-0.3, -0.25) is 9.10 Å². The molecule has 3 aromatic carbocycles. The average Bonchev–Trinajstić information content (AvgIpc) is 3.26. The van der Waals surface area contributed by atoms with Crippen molar-refractivity contribution in [3.63, 3.8) is 0 Å². The second-order valence-electron chi connectivity index (χ2n) is 7.95. The number of aryl methyl sites for hydroxylation is 2. The molecule has 7 heteroatoms. The van der Waals surface area contributed by atoms with Crippen LogP contribution >= 0.6 is 0 Å². The molecule has 0 aromatic heterocycles. The Bertz CT molecular complexity index is 1230. The molecular weight excluding hydrogens is 427 g/mol. The Morgan fingerprint density at radius 2 is 1.69 bits per heavy atom. The van der Waals surface area contributed by atoms with Crippen molar-refractivity contribution in [1.82, 2.24) is 5.32 Å². The number of anilines is 1. The van der Waals surface area contributed by atoms with Gasteiger partial charge in [0.2, 0.25) is 5.91 Å². The number of nitrogens with zero attached hydrogens (tertiary/aromatic N) is 1. The third-order valence-electron chi connectivity index (χ3n) is 5.74. The molecule has 0 heterocycles. The Kier molecular flexibility index (Phi) is 6.28. The molecule has 32 heavy (non-hydrogen) atoms. The minimum absolute atomic E-state index is 0.0114. The van der Waals surface area contributed by atoms with Gasteiger partial charge in [0.1, 0.15) is 12.4 Å². The van der Waals surface area contributed by atoms with E-state index < -0.39 is 28.3 Å². The maximum Gasteiger partial charge on any atom is 0.264 e. The van der Waals surface area contributed by atoms with Crippen LogP contribution in [0.5, 0.6) is 0 Å². The van der Waals surface area contributed by atoms with Gasteiger partial charge >= 0.3 is 0 Å². The molecule has 166 valence electrons. The van der Waals surface area contributed by atoms with Crippen molar-refractivity contribution in [2.45, 2.75) is 37.1 Å². The molecule has 0 unspecified atom stereocenters. The summed E-state index contributed by atoms with van der Waals surface area (Å²) in [5.74, 6) is -1.23. The van der Waals surface area contributed by atoms with E-state index in [0.29, 0.717) is 0 Å². The molecule has 4 rings (SSSR count). The van der Waals surface area contributed by atoms with Crippen molar-refractivity contribution in [3.05, 3.63) is 95.3 Å². The summed E-state index contributed by atoms with van der Waals surface area (Å²) in [4.78, 5) is 12.9. The zero-order chi connectivity index (χ0) is 22.7. The quantitative estimate of drug-likeness (QED) is 0.578. The molecular formula is C25H25FN2O3S. The second kappa shape index (κ2) is 9.12. The van der Waals surface area contributed by atoms with Gasteiger partial charge in [0.05, 0.1) is 16.6 Å². The van der Waals surface area contributed by atoms with Crippen LogP contribution in [-0.4, -0.2) is 20.9 Å². The highest BCUT2D eigenvalue weighted by Crippen LogP contribution is 2.27. The van der Waals surface area contributed by atoms with E-state index in [-0.39, 0.29) is 16.6 Å². The number of halogens is 1. The molecule has 1 N–H and O–H groups in total.